The fourth-order valence-corrected chi connectivity index (χ4v) is 1.77. The van der Waals surface area contributed by atoms with Crippen LogP contribution in [0.1, 0.15) is 38.9 Å². The molecule has 1 heterocycles. The second-order valence-corrected chi connectivity index (χ2v) is 3.52. The Morgan fingerprint density at radius 1 is 1.43 bits per heavy atom. The Hall–Kier alpha value is -0.970. The molecule has 0 aliphatic rings. The molecule has 1 N–H and O–H groups in total. The summed E-state index contributed by atoms with van der Waals surface area (Å²) in [5, 5.41) is 15.0. The second kappa shape index (κ2) is 5.05. The quantitative estimate of drug-likeness (QED) is 0.755. The van der Waals surface area contributed by atoms with E-state index in [0.717, 1.165) is 18.8 Å². The van der Waals surface area contributed by atoms with Crippen molar-refractivity contribution in [3.8, 4) is 0 Å². The van der Waals surface area contributed by atoms with E-state index in [0.29, 0.717) is 12.0 Å². The molecule has 0 aliphatic heterocycles. The summed E-state index contributed by atoms with van der Waals surface area (Å²) in [7, 11) is 1.89. The Morgan fingerprint density at radius 3 is 2.57 bits per heavy atom. The zero-order chi connectivity index (χ0) is 10.6. The normalized spacial score (nSPS) is 15.4. The number of tetrazole rings is 1. The van der Waals surface area contributed by atoms with Crippen LogP contribution in [0.3, 0.4) is 0 Å². The average molecular weight is 197 g/mol. The lowest BCUT2D eigenvalue weighted by Gasteiger charge is -2.21. The summed E-state index contributed by atoms with van der Waals surface area (Å²) in [5.74, 6) is 1.34. The molecule has 0 bridgehead atoms. The third kappa shape index (κ3) is 2.29. The van der Waals surface area contributed by atoms with Gasteiger partial charge in [-0.05, 0) is 30.3 Å². The molecule has 0 spiro atoms. The second-order valence-electron chi connectivity index (χ2n) is 3.52. The van der Waals surface area contributed by atoms with Crippen molar-refractivity contribution in [2.24, 2.45) is 7.05 Å². The smallest absolute Gasteiger partial charge is 0.155 e. The Labute approximate surface area is 84.9 Å². The van der Waals surface area contributed by atoms with E-state index in [2.05, 4.69) is 41.6 Å². The Kier molecular flexibility index (Phi) is 4.00. The first-order valence-corrected chi connectivity index (χ1v) is 5.16. The lowest BCUT2D eigenvalue weighted by molar-refractivity contribution is 0.430. The summed E-state index contributed by atoms with van der Waals surface area (Å²) >= 11 is 0. The molecule has 0 radical (unpaired) electrons. The largest absolute Gasteiger partial charge is 0.314 e. The number of hydrogen-bond acceptors (Lipinski definition) is 4. The van der Waals surface area contributed by atoms with Gasteiger partial charge in [-0.15, -0.1) is 5.10 Å². The van der Waals surface area contributed by atoms with Crippen LogP contribution in [0, 0.1) is 0 Å². The van der Waals surface area contributed by atoms with E-state index in [1.54, 1.807) is 4.68 Å². The molecule has 80 valence electrons. The Bertz CT molecular complexity index is 270. The molecule has 5 nitrogen and oxygen atoms in total. The van der Waals surface area contributed by atoms with Crippen LogP contribution >= 0.6 is 0 Å². The monoisotopic (exact) mass is 197 g/mol. The molecule has 0 aromatic carbocycles. The molecule has 2 atom stereocenters. The van der Waals surface area contributed by atoms with Crippen LogP contribution in [0.25, 0.3) is 0 Å². The standard InChI is InChI=1S/C9H19N5/c1-5-8(7(3)10-6-2)9-11-12-13-14(9)4/h7-8,10H,5-6H2,1-4H3. The minimum absolute atomic E-state index is 0.384. The summed E-state index contributed by atoms with van der Waals surface area (Å²) < 4.78 is 1.75. The number of likely N-dealkylation sites (N-methyl/N-ethyl adjacent to an activating group) is 1. The molecule has 1 aromatic rings. The summed E-state index contributed by atoms with van der Waals surface area (Å²) in [6.45, 7) is 7.42. The molecule has 1 rings (SSSR count). The molecular weight excluding hydrogens is 178 g/mol. The van der Waals surface area contributed by atoms with E-state index in [9.17, 15) is 0 Å². The van der Waals surface area contributed by atoms with Crippen LogP contribution in [0.4, 0.5) is 0 Å². The van der Waals surface area contributed by atoms with E-state index in [1.165, 1.54) is 0 Å². The number of aryl methyl sites for hydroxylation is 1. The van der Waals surface area contributed by atoms with Crippen LogP contribution in [-0.4, -0.2) is 32.8 Å². The molecule has 5 heteroatoms. The highest BCUT2D eigenvalue weighted by molar-refractivity contribution is 4.97. The number of rotatable bonds is 5. The maximum atomic E-state index is 4.05. The van der Waals surface area contributed by atoms with Gasteiger partial charge in [0.05, 0.1) is 0 Å². The number of aromatic nitrogens is 4. The van der Waals surface area contributed by atoms with Crippen molar-refractivity contribution in [2.45, 2.75) is 39.2 Å². The molecule has 0 amide bonds. The highest BCUT2D eigenvalue weighted by atomic mass is 15.5. The maximum absolute atomic E-state index is 4.05. The third-order valence-electron chi connectivity index (χ3n) is 2.55. The van der Waals surface area contributed by atoms with Crippen LogP contribution in [-0.2, 0) is 7.05 Å². The van der Waals surface area contributed by atoms with Crippen molar-refractivity contribution >= 4 is 0 Å². The minimum Gasteiger partial charge on any atom is -0.314 e. The summed E-state index contributed by atoms with van der Waals surface area (Å²) in [6, 6.07) is 0.412. The van der Waals surface area contributed by atoms with Gasteiger partial charge >= 0.3 is 0 Å². The van der Waals surface area contributed by atoms with Crippen molar-refractivity contribution in [3.05, 3.63) is 5.82 Å². The topological polar surface area (TPSA) is 55.6 Å². The summed E-state index contributed by atoms with van der Waals surface area (Å²) in [4.78, 5) is 0. The van der Waals surface area contributed by atoms with Crippen molar-refractivity contribution in [2.75, 3.05) is 6.54 Å². The van der Waals surface area contributed by atoms with Crippen LogP contribution in [0.15, 0.2) is 0 Å². The molecule has 0 saturated carbocycles. The predicted molar refractivity (Wildman–Crippen MR) is 55.0 cm³/mol. The van der Waals surface area contributed by atoms with E-state index in [1.807, 2.05) is 7.05 Å². The van der Waals surface area contributed by atoms with E-state index in [-0.39, 0.29) is 0 Å². The van der Waals surface area contributed by atoms with Crippen molar-refractivity contribution in [3.63, 3.8) is 0 Å². The van der Waals surface area contributed by atoms with Gasteiger partial charge in [0.15, 0.2) is 5.82 Å². The molecule has 0 saturated heterocycles. The van der Waals surface area contributed by atoms with Gasteiger partial charge in [-0.2, -0.15) is 0 Å². The van der Waals surface area contributed by atoms with Gasteiger partial charge in [0.1, 0.15) is 0 Å². The van der Waals surface area contributed by atoms with Crippen molar-refractivity contribution in [1.82, 2.24) is 25.5 Å². The van der Waals surface area contributed by atoms with Gasteiger partial charge in [-0.1, -0.05) is 13.8 Å². The fraction of sp³-hybridized carbons (Fsp3) is 0.889. The lowest BCUT2D eigenvalue weighted by Crippen LogP contribution is -2.33. The predicted octanol–water partition coefficient (Wildman–Crippen LogP) is 0.702. The Morgan fingerprint density at radius 2 is 2.14 bits per heavy atom. The zero-order valence-electron chi connectivity index (χ0n) is 9.36. The summed E-state index contributed by atoms with van der Waals surface area (Å²) in [6.07, 6.45) is 1.04. The number of hydrogen-bond donors (Lipinski definition) is 1. The summed E-state index contributed by atoms with van der Waals surface area (Å²) in [5.41, 5.74) is 0. The van der Waals surface area contributed by atoms with Crippen molar-refractivity contribution in [1.29, 1.82) is 0 Å². The lowest BCUT2D eigenvalue weighted by atomic mass is 9.97. The molecule has 0 fully saturated rings. The van der Waals surface area contributed by atoms with Gasteiger partial charge in [-0.25, -0.2) is 4.68 Å². The van der Waals surface area contributed by atoms with Gasteiger partial charge in [0.25, 0.3) is 0 Å². The molecule has 14 heavy (non-hydrogen) atoms. The molecular formula is C9H19N5. The SMILES string of the molecule is CCNC(C)C(CC)c1nnnn1C. The first kappa shape index (κ1) is 11.1. The third-order valence-corrected chi connectivity index (χ3v) is 2.55. The van der Waals surface area contributed by atoms with E-state index >= 15 is 0 Å². The molecule has 1 aromatic heterocycles. The minimum atomic E-state index is 0.384. The number of nitrogens with one attached hydrogen (secondary N) is 1. The fourth-order valence-electron chi connectivity index (χ4n) is 1.77. The zero-order valence-corrected chi connectivity index (χ0v) is 9.36. The Balaban J connectivity index is 2.76. The van der Waals surface area contributed by atoms with Gasteiger partial charge in [0.2, 0.25) is 0 Å². The van der Waals surface area contributed by atoms with Gasteiger partial charge in [0, 0.05) is 19.0 Å². The van der Waals surface area contributed by atoms with E-state index < -0.39 is 0 Å². The highest BCUT2D eigenvalue weighted by Gasteiger charge is 2.21. The van der Waals surface area contributed by atoms with Crippen LogP contribution in [0.2, 0.25) is 0 Å². The van der Waals surface area contributed by atoms with Gasteiger partial charge < -0.3 is 5.32 Å². The molecule has 0 aliphatic carbocycles. The van der Waals surface area contributed by atoms with Crippen LogP contribution in [0.5, 0.6) is 0 Å². The van der Waals surface area contributed by atoms with Crippen molar-refractivity contribution < 1.29 is 0 Å². The molecule has 2 unspecified atom stereocenters. The first-order chi connectivity index (χ1) is 6.70. The highest BCUT2D eigenvalue weighted by Crippen LogP contribution is 2.19. The van der Waals surface area contributed by atoms with E-state index in [4.69, 9.17) is 0 Å². The average Bonchev–Trinajstić information content (AvgIpc) is 2.54. The van der Waals surface area contributed by atoms with Crippen LogP contribution < -0.4 is 5.32 Å². The maximum Gasteiger partial charge on any atom is 0.155 e. The number of nitrogens with zero attached hydrogens (tertiary/aromatic N) is 4. The first-order valence-electron chi connectivity index (χ1n) is 5.16. The van der Waals surface area contributed by atoms with Gasteiger partial charge in [-0.3, -0.25) is 0 Å².